The number of nitrogens with zero attached hydrogens (tertiary/aromatic N) is 1. The fraction of sp³-hybridized carbons (Fsp3) is 0.900. The van der Waals surface area contributed by atoms with Gasteiger partial charge in [0.25, 0.3) is 0 Å². The third-order valence-corrected chi connectivity index (χ3v) is 2.37. The Hall–Kier alpha value is -0.570. The highest BCUT2D eigenvalue weighted by atomic mass is 16.2. The first-order valence-electron chi connectivity index (χ1n) is 5.08. The molecule has 0 aliphatic heterocycles. The van der Waals surface area contributed by atoms with Crippen LogP contribution in [-0.2, 0) is 4.79 Å². The van der Waals surface area contributed by atoms with Gasteiger partial charge in [-0.3, -0.25) is 4.79 Å². The van der Waals surface area contributed by atoms with E-state index in [2.05, 4.69) is 0 Å². The SMILES string of the molecule is CCC(CN)C(=O)N(CC)C(C)C. The predicted molar refractivity (Wildman–Crippen MR) is 55.4 cm³/mol. The number of rotatable bonds is 5. The second-order valence-corrected chi connectivity index (χ2v) is 3.56. The van der Waals surface area contributed by atoms with Gasteiger partial charge in [0, 0.05) is 19.1 Å². The minimum atomic E-state index is 0.00218. The van der Waals surface area contributed by atoms with Gasteiger partial charge in [-0.25, -0.2) is 0 Å². The summed E-state index contributed by atoms with van der Waals surface area (Å²) in [4.78, 5) is 13.7. The molecule has 0 saturated heterocycles. The summed E-state index contributed by atoms with van der Waals surface area (Å²) >= 11 is 0. The number of carbonyl (C=O) groups excluding carboxylic acids is 1. The molecule has 78 valence electrons. The molecular formula is C10H22N2O. The maximum absolute atomic E-state index is 11.8. The van der Waals surface area contributed by atoms with Crippen molar-refractivity contribution >= 4 is 5.91 Å². The van der Waals surface area contributed by atoms with E-state index in [0.29, 0.717) is 6.54 Å². The first-order chi connectivity index (χ1) is 6.08. The maximum Gasteiger partial charge on any atom is 0.227 e. The van der Waals surface area contributed by atoms with Crippen molar-refractivity contribution in [2.45, 2.75) is 40.2 Å². The number of nitrogens with two attached hydrogens (primary N) is 1. The summed E-state index contributed by atoms with van der Waals surface area (Å²) in [5.41, 5.74) is 5.53. The monoisotopic (exact) mass is 186 g/mol. The molecule has 1 unspecified atom stereocenters. The highest BCUT2D eigenvalue weighted by Gasteiger charge is 2.21. The smallest absolute Gasteiger partial charge is 0.227 e. The molecule has 0 rings (SSSR count). The largest absolute Gasteiger partial charge is 0.340 e. The first kappa shape index (κ1) is 12.4. The predicted octanol–water partition coefficient (Wildman–Crippen LogP) is 1.23. The molecule has 0 radical (unpaired) electrons. The number of hydrogen-bond donors (Lipinski definition) is 1. The third-order valence-electron chi connectivity index (χ3n) is 2.37. The summed E-state index contributed by atoms with van der Waals surface area (Å²) in [6.45, 7) is 9.30. The van der Waals surface area contributed by atoms with Crippen molar-refractivity contribution in [2.24, 2.45) is 11.7 Å². The summed E-state index contributed by atoms with van der Waals surface area (Å²) in [6.07, 6.45) is 0.832. The minimum Gasteiger partial charge on any atom is -0.340 e. The van der Waals surface area contributed by atoms with Crippen molar-refractivity contribution in [1.29, 1.82) is 0 Å². The quantitative estimate of drug-likeness (QED) is 0.702. The lowest BCUT2D eigenvalue weighted by molar-refractivity contribution is -0.136. The minimum absolute atomic E-state index is 0.00218. The summed E-state index contributed by atoms with van der Waals surface area (Å²) in [6, 6.07) is 0.276. The van der Waals surface area contributed by atoms with Gasteiger partial charge < -0.3 is 10.6 Å². The van der Waals surface area contributed by atoms with E-state index in [-0.39, 0.29) is 17.9 Å². The van der Waals surface area contributed by atoms with Gasteiger partial charge in [0.05, 0.1) is 5.92 Å². The molecule has 1 atom stereocenters. The normalized spacial score (nSPS) is 13.1. The van der Waals surface area contributed by atoms with Gasteiger partial charge in [-0.15, -0.1) is 0 Å². The molecule has 0 aliphatic carbocycles. The Morgan fingerprint density at radius 3 is 2.15 bits per heavy atom. The van der Waals surface area contributed by atoms with Crippen molar-refractivity contribution in [3.8, 4) is 0 Å². The van der Waals surface area contributed by atoms with E-state index >= 15 is 0 Å². The van der Waals surface area contributed by atoms with E-state index in [9.17, 15) is 4.79 Å². The van der Waals surface area contributed by atoms with Gasteiger partial charge in [-0.1, -0.05) is 6.92 Å². The second-order valence-electron chi connectivity index (χ2n) is 3.56. The Morgan fingerprint density at radius 1 is 1.38 bits per heavy atom. The molecule has 0 aromatic rings. The van der Waals surface area contributed by atoms with E-state index in [1.54, 1.807) is 0 Å². The number of amides is 1. The zero-order valence-electron chi connectivity index (χ0n) is 9.21. The number of hydrogen-bond acceptors (Lipinski definition) is 2. The van der Waals surface area contributed by atoms with E-state index in [0.717, 1.165) is 13.0 Å². The molecule has 0 bridgehead atoms. The van der Waals surface area contributed by atoms with Gasteiger partial charge in [0.1, 0.15) is 0 Å². The highest BCUT2D eigenvalue weighted by molar-refractivity contribution is 5.79. The summed E-state index contributed by atoms with van der Waals surface area (Å²) in [7, 11) is 0. The van der Waals surface area contributed by atoms with Crippen molar-refractivity contribution in [3.05, 3.63) is 0 Å². The molecule has 0 heterocycles. The van der Waals surface area contributed by atoms with Crippen LogP contribution < -0.4 is 5.73 Å². The summed E-state index contributed by atoms with van der Waals surface area (Å²) in [5.74, 6) is 0.199. The average Bonchev–Trinajstić information content (AvgIpc) is 2.07. The van der Waals surface area contributed by atoms with Crippen LogP contribution in [0.1, 0.15) is 34.1 Å². The number of carbonyl (C=O) groups is 1. The third kappa shape index (κ3) is 3.35. The molecule has 1 amide bonds. The fourth-order valence-electron chi connectivity index (χ4n) is 1.45. The highest BCUT2D eigenvalue weighted by Crippen LogP contribution is 2.09. The van der Waals surface area contributed by atoms with Gasteiger partial charge in [-0.05, 0) is 27.2 Å². The lowest BCUT2D eigenvalue weighted by Crippen LogP contribution is -2.42. The van der Waals surface area contributed by atoms with Crippen molar-refractivity contribution in [2.75, 3.05) is 13.1 Å². The van der Waals surface area contributed by atoms with Crippen LogP contribution in [0.5, 0.6) is 0 Å². The Kier molecular flexibility index (Phi) is 5.71. The molecule has 0 aromatic carbocycles. The lowest BCUT2D eigenvalue weighted by Gasteiger charge is -2.28. The Bertz CT molecular complexity index is 153. The maximum atomic E-state index is 11.8. The first-order valence-corrected chi connectivity index (χ1v) is 5.08. The van der Waals surface area contributed by atoms with Gasteiger partial charge >= 0.3 is 0 Å². The van der Waals surface area contributed by atoms with Gasteiger partial charge in [-0.2, -0.15) is 0 Å². The topological polar surface area (TPSA) is 46.3 Å². The van der Waals surface area contributed by atoms with Crippen LogP contribution in [0.3, 0.4) is 0 Å². The summed E-state index contributed by atoms with van der Waals surface area (Å²) in [5, 5.41) is 0. The molecule has 0 aromatic heterocycles. The molecule has 0 saturated carbocycles. The van der Waals surface area contributed by atoms with Crippen LogP contribution in [0, 0.1) is 5.92 Å². The van der Waals surface area contributed by atoms with Crippen LogP contribution >= 0.6 is 0 Å². The van der Waals surface area contributed by atoms with Gasteiger partial charge in [0.2, 0.25) is 5.91 Å². The molecule has 13 heavy (non-hydrogen) atoms. The molecule has 3 heteroatoms. The Balaban J connectivity index is 4.34. The van der Waals surface area contributed by atoms with Crippen molar-refractivity contribution in [1.82, 2.24) is 4.90 Å². The second kappa shape index (κ2) is 5.97. The molecule has 2 N–H and O–H groups in total. The van der Waals surface area contributed by atoms with E-state index in [1.165, 1.54) is 0 Å². The fourth-order valence-corrected chi connectivity index (χ4v) is 1.45. The van der Waals surface area contributed by atoms with Crippen LogP contribution in [0.15, 0.2) is 0 Å². The average molecular weight is 186 g/mol. The molecule has 0 fully saturated rings. The van der Waals surface area contributed by atoms with Crippen LogP contribution in [0.2, 0.25) is 0 Å². The Labute approximate surface area is 81.3 Å². The zero-order chi connectivity index (χ0) is 10.4. The molecular weight excluding hydrogens is 164 g/mol. The van der Waals surface area contributed by atoms with Crippen molar-refractivity contribution < 1.29 is 4.79 Å². The molecule has 0 aliphatic rings. The Morgan fingerprint density at radius 2 is 1.92 bits per heavy atom. The van der Waals surface area contributed by atoms with E-state index < -0.39 is 0 Å². The van der Waals surface area contributed by atoms with Crippen LogP contribution in [0.25, 0.3) is 0 Å². The van der Waals surface area contributed by atoms with Gasteiger partial charge in [0.15, 0.2) is 0 Å². The summed E-state index contributed by atoms with van der Waals surface area (Å²) < 4.78 is 0. The van der Waals surface area contributed by atoms with Crippen LogP contribution in [-0.4, -0.2) is 29.9 Å². The lowest BCUT2D eigenvalue weighted by atomic mass is 10.0. The van der Waals surface area contributed by atoms with E-state index in [1.807, 2.05) is 32.6 Å². The standard InChI is InChI=1S/C10H22N2O/c1-5-9(7-11)10(13)12(6-2)8(3)4/h8-9H,5-7,11H2,1-4H3. The van der Waals surface area contributed by atoms with Crippen LogP contribution in [0.4, 0.5) is 0 Å². The molecule has 3 nitrogen and oxygen atoms in total. The molecule has 0 spiro atoms. The van der Waals surface area contributed by atoms with E-state index in [4.69, 9.17) is 5.73 Å². The zero-order valence-corrected chi connectivity index (χ0v) is 9.21. The van der Waals surface area contributed by atoms with Crippen molar-refractivity contribution in [3.63, 3.8) is 0 Å².